The molecule has 0 spiro atoms. The maximum atomic E-state index is 11.8. The predicted molar refractivity (Wildman–Crippen MR) is 64.5 cm³/mol. The number of carbonyl (C=O) groups is 2. The van der Waals surface area contributed by atoms with Gasteiger partial charge in [-0.15, -0.1) is 0 Å². The third-order valence-electron chi connectivity index (χ3n) is 2.75. The number of nitriles is 1. The van der Waals surface area contributed by atoms with Crippen LogP contribution in [0.1, 0.15) is 26.2 Å². The Kier molecular flexibility index (Phi) is 6.15. The minimum absolute atomic E-state index is 0.0198. The van der Waals surface area contributed by atoms with E-state index >= 15 is 0 Å². The van der Waals surface area contributed by atoms with Crippen molar-refractivity contribution in [2.45, 2.75) is 32.3 Å². The first-order chi connectivity index (χ1) is 8.69. The molecule has 1 saturated heterocycles. The van der Waals surface area contributed by atoms with Crippen molar-refractivity contribution in [3.05, 3.63) is 0 Å². The number of amides is 2. The fraction of sp³-hybridized carbons (Fsp3) is 0.750. The monoisotopic (exact) mass is 253 g/mol. The molecule has 1 rings (SSSR count). The van der Waals surface area contributed by atoms with Gasteiger partial charge in [-0.3, -0.25) is 9.59 Å². The number of hydrogen-bond donors (Lipinski definition) is 1. The lowest BCUT2D eigenvalue weighted by Crippen LogP contribution is -2.49. The Balaban J connectivity index is 2.43. The van der Waals surface area contributed by atoms with Crippen LogP contribution >= 0.6 is 0 Å². The van der Waals surface area contributed by atoms with E-state index in [0.29, 0.717) is 19.7 Å². The number of likely N-dealkylation sites (tertiary alicyclic amines) is 1. The molecule has 1 aliphatic heterocycles. The lowest BCUT2D eigenvalue weighted by Gasteiger charge is -2.32. The summed E-state index contributed by atoms with van der Waals surface area (Å²) in [5, 5.41) is 10.6. The highest BCUT2D eigenvalue weighted by atomic mass is 16.5. The van der Waals surface area contributed by atoms with Crippen LogP contribution in [0.3, 0.4) is 0 Å². The molecule has 6 heteroatoms. The van der Waals surface area contributed by atoms with Crippen molar-refractivity contribution < 1.29 is 14.3 Å². The quantitative estimate of drug-likeness (QED) is 0.566. The van der Waals surface area contributed by atoms with Crippen LogP contribution in [0.15, 0.2) is 0 Å². The molecule has 0 saturated carbocycles. The Bertz CT molecular complexity index is 338. The molecule has 2 amide bonds. The van der Waals surface area contributed by atoms with Crippen LogP contribution < -0.4 is 5.32 Å². The fourth-order valence-corrected chi connectivity index (χ4v) is 1.88. The van der Waals surface area contributed by atoms with Crippen molar-refractivity contribution in [3.63, 3.8) is 0 Å². The van der Waals surface area contributed by atoms with Crippen LogP contribution in [0.2, 0.25) is 0 Å². The molecule has 1 N–H and O–H groups in total. The third-order valence-corrected chi connectivity index (χ3v) is 2.75. The summed E-state index contributed by atoms with van der Waals surface area (Å²) in [5.74, 6) is -1.29. The van der Waals surface area contributed by atoms with Gasteiger partial charge in [0, 0.05) is 19.7 Å². The third kappa shape index (κ3) is 4.34. The lowest BCUT2D eigenvalue weighted by molar-refractivity contribution is -0.148. The standard InChI is InChI=1S/C12H19N3O3/c1-2-8-18-10-4-3-7-15(9-10)12(17)11(16)14-6-5-13/h10H,2-4,6-9H2,1H3,(H,14,16). The van der Waals surface area contributed by atoms with Gasteiger partial charge in [0.25, 0.3) is 0 Å². The second-order valence-electron chi connectivity index (χ2n) is 4.23. The Morgan fingerprint density at radius 2 is 2.33 bits per heavy atom. The van der Waals surface area contributed by atoms with Crippen LogP contribution in [0.4, 0.5) is 0 Å². The normalized spacial score (nSPS) is 19.1. The average Bonchev–Trinajstić information content (AvgIpc) is 2.42. The average molecular weight is 253 g/mol. The highest BCUT2D eigenvalue weighted by Gasteiger charge is 2.27. The van der Waals surface area contributed by atoms with E-state index in [1.54, 1.807) is 6.07 Å². The smallest absolute Gasteiger partial charge is 0.311 e. The maximum Gasteiger partial charge on any atom is 0.311 e. The van der Waals surface area contributed by atoms with Gasteiger partial charge in [0.2, 0.25) is 0 Å². The zero-order valence-electron chi connectivity index (χ0n) is 10.6. The van der Waals surface area contributed by atoms with Crippen molar-refractivity contribution in [2.75, 3.05) is 26.2 Å². The van der Waals surface area contributed by atoms with E-state index in [0.717, 1.165) is 19.3 Å². The van der Waals surface area contributed by atoms with Gasteiger partial charge in [-0.25, -0.2) is 0 Å². The molecule has 100 valence electrons. The first kappa shape index (κ1) is 14.5. The molecular formula is C12H19N3O3. The van der Waals surface area contributed by atoms with Crippen LogP contribution in [0.5, 0.6) is 0 Å². The summed E-state index contributed by atoms with van der Waals surface area (Å²) in [6.45, 7) is 3.59. The van der Waals surface area contributed by atoms with Gasteiger partial charge < -0.3 is 15.0 Å². The molecule has 0 aromatic rings. The topological polar surface area (TPSA) is 82.4 Å². The molecule has 1 atom stereocenters. The number of hydrogen-bond acceptors (Lipinski definition) is 4. The Labute approximate surface area is 107 Å². The summed E-state index contributed by atoms with van der Waals surface area (Å²) in [6.07, 6.45) is 2.72. The SMILES string of the molecule is CCCOC1CCCN(C(=O)C(=O)NCC#N)C1. The summed E-state index contributed by atoms with van der Waals surface area (Å²) in [6, 6.07) is 1.77. The number of rotatable bonds is 4. The van der Waals surface area contributed by atoms with Crippen LogP contribution in [0.25, 0.3) is 0 Å². The van der Waals surface area contributed by atoms with Gasteiger partial charge in [0.15, 0.2) is 0 Å². The molecule has 0 bridgehead atoms. The zero-order valence-corrected chi connectivity index (χ0v) is 10.6. The Morgan fingerprint density at radius 3 is 3.00 bits per heavy atom. The van der Waals surface area contributed by atoms with Crippen molar-refractivity contribution in [2.24, 2.45) is 0 Å². The number of nitrogens with one attached hydrogen (secondary N) is 1. The van der Waals surface area contributed by atoms with E-state index in [1.165, 1.54) is 4.90 Å². The summed E-state index contributed by atoms with van der Waals surface area (Å²) >= 11 is 0. The van der Waals surface area contributed by atoms with Crippen LogP contribution in [0, 0.1) is 11.3 Å². The lowest BCUT2D eigenvalue weighted by atomic mass is 10.1. The molecule has 1 heterocycles. The van der Waals surface area contributed by atoms with E-state index in [-0.39, 0.29) is 12.6 Å². The van der Waals surface area contributed by atoms with Crippen LogP contribution in [-0.2, 0) is 14.3 Å². The molecule has 6 nitrogen and oxygen atoms in total. The van der Waals surface area contributed by atoms with E-state index in [4.69, 9.17) is 10.00 Å². The summed E-state index contributed by atoms with van der Waals surface area (Å²) in [7, 11) is 0. The second-order valence-corrected chi connectivity index (χ2v) is 4.23. The number of nitrogens with zero attached hydrogens (tertiary/aromatic N) is 2. The minimum atomic E-state index is -0.715. The highest BCUT2D eigenvalue weighted by Crippen LogP contribution is 2.13. The van der Waals surface area contributed by atoms with Gasteiger partial charge in [0.05, 0.1) is 12.2 Å². The minimum Gasteiger partial charge on any atom is -0.376 e. The van der Waals surface area contributed by atoms with E-state index in [2.05, 4.69) is 5.32 Å². The van der Waals surface area contributed by atoms with E-state index < -0.39 is 11.8 Å². The van der Waals surface area contributed by atoms with Crippen molar-refractivity contribution in [1.29, 1.82) is 5.26 Å². The number of piperidine rings is 1. The van der Waals surface area contributed by atoms with Gasteiger partial charge in [-0.05, 0) is 19.3 Å². The molecule has 1 aliphatic rings. The molecule has 18 heavy (non-hydrogen) atoms. The maximum absolute atomic E-state index is 11.8. The van der Waals surface area contributed by atoms with E-state index in [1.807, 2.05) is 6.92 Å². The molecule has 0 aliphatic carbocycles. The Hall–Kier alpha value is -1.61. The van der Waals surface area contributed by atoms with Crippen LogP contribution in [-0.4, -0.2) is 49.1 Å². The van der Waals surface area contributed by atoms with Gasteiger partial charge in [-0.2, -0.15) is 5.26 Å². The molecule has 0 aromatic heterocycles. The highest BCUT2D eigenvalue weighted by molar-refractivity contribution is 6.35. The largest absolute Gasteiger partial charge is 0.376 e. The summed E-state index contributed by atoms with van der Waals surface area (Å²) < 4.78 is 5.60. The summed E-state index contributed by atoms with van der Waals surface area (Å²) in [5.41, 5.74) is 0. The predicted octanol–water partition coefficient (Wildman–Crippen LogP) is 0.0438. The van der Waals surface area contributed by atoms with E-state index in [9.17, 15) is 9.59 Å². The van der Waals surface area contributed by atoms with Gasteiger partial charge >= 0.3 is 11.8 Å². The first-order valence-corrected chi connectivity index (χ1v) is 6.24. The number of carbonyl (C=O) groups excluding carboxylic acids is 2. The van der Waals surface area contributed by atoms with Gasteiger partial charge in [-0.1, -0.05) is 6.92 Å². The van der Waals surface area contributed by atoms with Crippen molar-refractivity contribution >= 4 is 11.8 Å². The van der Waals surface area contributed by atoms with Crippen molar-refractivity contribution in [3.8, 4) is 6.07 Å². The first-order valence-electron chi connectivity index (χ1n) is 6.24. The second kappa shape index (κ2) is 7.67. The molecular weight excluding hydrogens is 234 g/mol. The molecule has 0 radical (unpaired) electrons. The fourth-order valence-electron chi connectivity index (χ4n) is 1.88. The molecule has 0 aromatic carbocycles. The zero-order chi connectivity index (χ0) is 13.4. The molecule has 1 fully saturated rings. The Morgan fingerprint density at radius 1 is 1.56 bits per heavy atom. The van der Waals surface area contributed by atoms with Crippen molar-refractivity contribution in [1.82, 2.24) is 10.2 Å². The van der Waals surface area contributed by atoms with Gasteiger partial charge in [0.1, 0.15) is 6.54 Å². The molecule has 1 unspecified atom stereocenters. The number of ether oxygens (including phenoxy) is 1. The summed E-state index contributed by atoms with van der Waals surface area (Å²) in [4.78, 5) is 24.7.